The first kappa shape index (κ1) is 23.9. The number of hydrogen-bond donors (Lipinski definition) is 2. The van der Waals surface area contributed by atoms with Gasteiger partial charge >= 0.3 is 18.0 Å². The molecule has 2 N–H and O–H groups in total. The highest BCUT2D eigenvalue weighted by molar-refractivity contribution is 6.00. The number of urea groups is 2. The number of esters is 1. The molecule has 0 fully saturated rings. The van der Waals surface area contributed by atoms with E-state index in [2.05, 4.69) is 29.4 Å². The summed E-state index contributed by atoms with van der Waals surface area (Å²) < 4.78 is 9.74. The third kappa shape index (κ3) is 7.47. The Hall–Kier alpha value is -2.13. The maximum atomic E-state index is 12.4. The number of hydrogen-bond acceptors (Lipinski definition) is 6. The molecule has 0 radical (unpaired) electrons. The van der Waals surface area contributed by atoms with Crippen LogP contribution in [0.25, 0.3) is 0 Å². The van der Waals surface area contributed by atoms with Crippen LogP contribution >= 0.6 is 0 Å². The Labute approximate surface area is 167 Å². The summed E-state index contributed by atoms with van der Waals surface area (Å²) in [6, 6.07) is -1.13. The fraction of sp³-hybridized carbons (Fsp3) is 0.737. The molecule has 0 spiro atoms. The highest BCUT2D eigenvalue weighted by atomic mass is 16.5. The lowest BCUT2D eigenvalue weighted by molar-refractivity contribution is -0.136. The number of nitrogens with zero attached hydrogens (tertiary/aromatic N) is 2. The molecule has 9 heteroatoms. The van der Waals surface area contributed by atoms with E-state index in [4.69, 9.17) is 9.47 Å². The number of nitrogens with one attached hydrogen (secondary N) is 2. The van der Waals surface area contributed by atoms with E-state index in [1.54, 1.807) is 0 Å². The molecule has 9 nitrogen and oxygen atoms in total. The number of amides is 4. The summed E-state index contributed by atoms with van der Waals surface area (Å²) in [5.41, 5.74) is 0.516. The fourth-order valence-electron chi connectivity index (χ4n) is 2.97. The maximum Gasteiger partial charge on any atom is 0.337 e. The maximum absolute atomic E-state index is 12.4. The number of ether oxygens (including phenoxy) is 2. The van der Waals surface area contributed by atoms with Gasteiger partial charge in [0.2, 0.25) is 0 Å². The van der Waals surface area contributed by atoms with E-state index in [0.717, 1.165) is 50.2 Å². The molecule has 0 saturated heterocycles. The molecule has 160 valence electrons. The van der Waals surface area contributed by atoms with Crippen LogP contribution in [-0.4, -0.2) is 81.4 Å². The summed E-state index contributed by atoms with van der Waals surface area (Å²) in [7, 11) is 2.71. The van der Waals surface area contributed by atoms with E-state index in [0.29, 0.717) is 12.2 Å². The average molecular weight is 399 g/mol. The second kappa shape index (κ2) is 13.1. The van der Waals surface area contributed by atoms with E-state index >= 15 is 0 Å². The first-order valence-corrected chi connectivity index (χ1v) is 9.86. The zero-order valence-electron chi connectivity index (χ0n) is 17.5. The van der Waals surface area contributed by atoms with Gasteiger partial charge in [-0.05, 0) is 38.9 Å². The quantitative estimate of drug-likeness (QED) is 0.383. The molecule has 1 aliphatic rings. The molecule has 28 heavy (non-hydrogen) atoms. The second-order valence-electron chi connectivity index (χ2n) is 6.68. The average Bonchev–Trinajstić information content (AvgIpc) is 2.68. The van der Waals surface area contributed by atoms with Crippen LogP contribution in [0.4, 0.5) is 9.59 Å². The van der Waals surface area contributed by atoms with Crippen molar-refractivity contribution in [1.82, 2.24) is 20.4 Å². The van der Waals surface area contributed by atoms with Crippen LogP contribution in [0.15, 0.2) is 11.3 Å². The molecule has 0 saturated carbocycles. The van der Waals surface area contributed by atoms with Gasteiger partial charge in [0.25, 0.3) is 0 Å². The van der Waals surface area contributed by atoms with Crippen LogP contribution in [0.1, 0.15) is 39.5 Å². The lowest BCUT2D eigenvalue weighted by Gasteiger charge is -2.29. The molecule has 1 aliphatic heterocycles. The van der Waals surface area contributed by atoms with Gasteiger partial charge < -0.3 is 25.0 Å². The van der Waals surface area contributed by atoms with E-state index in [-0.39, 0.29) is 18.7 Å². The molecule has 0 unspecified atom stereocenters. The van der Waals surface area contributed by atoms with Crippen LogP contribution < -0.4 is 10.6 Å². The molecule has 0 bridgehead atoms. The molecule has 4 amide bonds. The van der Waals surface area contributed by atoms with Gasteiger partial charge in [-0.3, -0.25) is 0 Å². The number of imide groups is 1. The van der Waals surface area contributed by atoms with Crippen LogP contribution in [0, 0.1) is 0 Å². The van der Waals surface area contributed by atoms with Crippen molar-refractivity contribution in [2.75, 3.05) is 53.6 Å². The van der Waals surface area contributed by atoms with Crippen molar-refractivity contribution in [3.8, 4) is 0 Å². The molecular weight excluding hydrogens is 364 g/mol. The van der Waals surface area contributed by atoms with Crippen molar-refractivity contribution in [1.29, 1.82) is 0 Å². The smallest absolute Gasteiger partial charge is 0.337 e. The minimum atomic E-state index is -0.601. The van der Waals surface area contributed by atoms with Crippen molar-refractivity contribution in [3.63, 3.8) is 0 Å². The highest BCUT2D eigenvalue weighted by Gasteiger charge is 2.32. The normalized spacial score (nSPS) is 14.3. The number of carbonyl (C=O) groups excluding carboxylic acids is 3. The third-order valence-corrected chi connectivity index (χ3v) is 4.44. The van der Waals surface area contributed by atoms with Crippen LogP contribution in [0.5, 0.6) is 0 Å². The van der Waals surface area contributed by atoms with Gasteiger partial charge in [-0.25, -0.2) is 19.3 Å². The molecule has 1 heterocycles. The summed E-state index contributed by atoms with van der Waals surface area (Å²) in [6.07, 6.45) is 4.20. The molecule has 0 aromatic heterocycles. The largest absolute Gasteiger partial charge is 0.466 e. The lowest BCUT2D eigenvalue weighted by Crippen LogP contribution is -2.54. The van der Waals surface area contributed by atoms with Crippen LogP contribution in [0.2, 0.25) is 0 Å². The Morgan fingerprint density at radius 1 is 1.14 bits per heavy atom. The van der Waals surface area contributed by atoms with Crippen molar-refractivity contribution >= 4 is 18.0 Å². The van der Waals surface area contributed by atoms with Gasteiger partial charge in [-0.15, -0.1) is 0 Å². The Kier molecular flexibility index (Phi) is 11.2. The van der Waals surface area contributed by atoms with E-state index in [9.17, 15) is 14.4 Å². The molecular formula is C19H34N4O5. The number of rotatable bonds is 12. The fourth-order valence-corrected chi connectivity index (χ4v) is 2.97. The molecule has 0 atom stereocenters. The van der Waals surface area contributed by atoms with Crippen molar-refractivity contribution in [2.24, 2.45) is 0 Å². The van der Waals surface area contributed by atoms with Crippen LogP contribution in [0.3, 0.4) is 0 Å². The summed E-state index contributed by atoms with van der Waals surface area (Å²) in [5, 5.41) is 5.29. The Bertz CT molecular complexity index is 565. The van der Waals surface area contributed by atoms with Gasteiger partial charge in [-0.2, -0.15) is 0 Å². The van der Waals surface area contributed by atoms with Gasteiger partial charge in [-0.1, -0.05) is 20.3 Å². The monoisotopic (exact) mass is 398 g/mol. The molecule has 0 aromatic carbocycles. The summed E-state index contributed by atoms with van der Waals surface area (Å²) in [5.74, 6) is -0.601. The Balaban J connectivity index is 2.57. The zero-order valence-corrected chi connectivity index (χ0v) is 17.5. The Morgan fingerprint density at radius 2 is 1.86 bits per heavy atom. The Morgan fingerprint density at radius 3 is 2.46 bits per heavy atom. The SMILES string of the molecule is CCCCN(CCC)CCCNC(=O)N1CC(C(=O)OC)=C(COC)NC1=O. The summed E-state index contributed by atoms with van der Waals surface area (Å²) in [6.45, 7) is 7.67. The predicted molar refractivity (Wildman–Crippen MR) is 106 cm³/mol. The third-order valence-electron chi connectivity index (χ3n) is 4.44. The van der Waals surface area contributed by atoms with Gasteiger partial charge in [0, 0.05) is 13.7 Å². The minimum absolute atomic E-state index is 0.0522. The highest BCUT2D eigenvalue weighted by Crippen LogP contribution is 2.14. The molecule has 0 aliphatic carbocycles. The van der Waals surface area contributed by atoms with Gasteiger partial charge in [0.1, 0.15) is 0 Å². The first-order chi connectivity index (χ1) is 13.5. The van der Waals surface area contributed by atoms with E-state index in [1.807, 2.05) is 0 Å². The van der Waals surface area contributed by atoms with Crippen molar-refractivity contribution < 1.29 is 23.9 Å². The number of carbonyl (C=O) groups is 3. The summed E-state index contributed by atoms with van der Waals surface area (Å²) in [4.78, 5) is 39.9. The second-order valence-corrected chi connectivity index (χ2v) is 6.68. The van der Waals surface area contributed by atoms with Gasteiger partial charge in [0.15, 0.2) is 0 Å². The van der Waals surface area contributed by atoms with Crippen molar-refractivity contribution in [2.45, 2.75) is 39.5 Å². The number of unbranched alkanes of at least 4 members (excludes halogenated alkanes) is 1. The minimum Gasteiger partial charge on any atom is -0.466 e. The van der Waals surface area contributed by atoms with Crippen molar-refractivity contribution in [3.05, 3.63) is 11.3 Å². The van der Waals surface area contributed by atoms with E-state index in [1.165, 1.54) is 14.2 Å². The topological polar surface area (TPSA) is 100 Å². The van der Waals surface area contributed by atoms with Crippen LogP contribution in [-0.2, 0) is 14.3 Å². The zero-order chi connectivity index (χ0) is 20.9. The number of methoxy groups -OCH3 is 2. The first-order valence-electron chi connectivity index (χ1n) is 9.86. The summed E-state index contributed by atoms with van der Waals surface area (Å²) >= 11 is 0. The lowest BCUT2D eigenvalue weighted by atomic mass is 10.1. The molecule has 1 rings (SSSR count). The van der Waals surface area contributed by atoms with Gasteiger partial charge in [0.05, 0.1) is 31.5 Å². The molecule has 0 aromatic rings. The van der Waals surface area contributed by atoms with E-state index < -0.39 is 18.0 Å². The standard InChI is InChI=1S/C19H34N4O5/c1-5-7-11-22(10-6-2)12-8-9-20-18(25)23-13-15(17(24)28-4)16(14-27-3)21-19(23)26/h5-14H2,1-4H3,(H,20,25)(H,21,26). The predicted octanol–water partition coefficient (Wildman–Crippen LogP) is 1.70.